The largest absolute Gasteiger partial charge is 0.416 e. The van der Waals surface area contributed by atoms with Crippen LogP contribution in [0.3, 0.4) is 0 Å². The van der Waals surface area contributed by atoms with Crippen molar-refractivity contribution >= 4 is 11.9 Å². The minimum atomic E-state index is -4.52. The van der Waals surface area contributed by atoms with Crippen LogP contribution in [0.2, 0.25) is 0 Å². The zero-order valence-corrected chi connectivity index (χ0v) is 16.9. The van der Waals surface area contributed by atoms with Gasteiger partial charge in [-0.3, -0.25) is 4.79 Å². The van der Waals surface area contributed by atoms with Gasteiger partial charge in [0.1, 0.15) is 5.69 Å². The van der Waals surface area contributed by atoms with Crippen molar-refractivity contribution in [2.24, 2.45) is 0 Å². The van der Waals surface area contributed by atoms with E-state index in [4.69, 9.17) is 0 Å². The van der Waals surface area contributed by atoms with Gasteiger partial charge in [-0.05, 0) is 43.2 Å². The first-order valence-corrected chi connectivity index (χ1v) is 9.58. The molecule has 0 aliphatic carbocycles. The smallest absolute Gasteiger partial charge is 0.394 e. The third kappa shape index (κ3) is 5.21. The second kappa shape index (κ2) is 9.17. The Labute approximate surface area is 176 Å². The number of alkyl halides is 3. The van der Waals surface area contributed by atoms with E-state index in [0.29, 0.717) is 23.8 Å². The van der Waals surface area contributed by atoms with Crippen molar-refractivity contribution in [1.29, 1.82) is 0 Å². The lowest BCUT2D eigenvalue weighted by Gasteiger charge is -2.18. The highest BCUT2D eigenvalue weighted by Gasteiger charge is 2.31. The number of aliphatic hydroxyl groups excluding tert-OH is 1. The molecule has 164 valence electrons. The van der Waals surface area contributed by atoms with E-state index < -0.39 is 30.3 Å². The quantitative estimate of drug-likeness (QED) is 0.455. The van der Waals surface area contributed by atoms with Crippen molar-refractivity contribution in [2.45, 2.75) is 26.1 Å². The number of halogens is 3. The van der Waals surface area contributed by atoms with E-state index in [1.165, 1.54) is 12.1 Å². The summed E-state index contributed by atoms with van der Waals surface area (Å²) in [4.78, 5) is 24.1. The minimum absolute atomic E-state index is 0.152. The van der Waals surface area contributed by atoms with E-state index in [1.807, 2.05) is 13.8 Å². The Hall–Kier alpha value is -3.40. The van der Waals surface area contributed by atoms with Gasteiger partial charge in [0.05, 0.1) is 23.9 Å². The maximum Gasteiger partial charge on any atom is 0.416 e. The van der Waals surface area contributed by atoms with Crippen molar-refractivity contribution in [3.8, 4) is 11.3 Å². The molecule has 0 aliphatic rings. The third-order valence-electron chi connectivity index (χ3n) is 4.61. The van der Waals surface area contributed by atoms with Crippen LogP contribution in [-0.4, -0.2) is 39.1 Å². The number of anilines is 1. The van der Waals surface area contributed by atoms with Gasteiger partial charge < -0.3 is 20.7 Å². The second-order valence-electron chi connectivity index (χ2n) is 6.89. The molecule has 0 aliphatic heterocycles. The van der Waals surface area contributed by atoms with Crippen molar-refractivity contribution in [1.82, 2.24) is 20.3 Å². The standard InChI is InChI=1S/C21H22F3N5O2/c1-3-25-20-27-9-12(2)18(29-20)14-8-16(26-10-14)19(31)28-17(11-30)13-5-4-6-15(7-13)21(22,23)24/h4-10,17,26,30H,3,11H2,1-2H3,(H,28,31)(H,25,27,29)/t17-/m1/s1. The molecule has 10 heteroatoms. The molecule has 1 amide bonds. The van der Waals surface area contributed by atoms with E-state index in [2.05, 4.69) is 25.6 Å². The zero-order valence-electron chi connectivity index (χ0n) is 16.9. The first-order chi connectivity index (χ1) is 14.7. The Bertz CT molecular complexity index is 1070. The van der Waals surface area contributed by atoms with Gasteiger partial charge in [-0.15, -0.1) is 0 Å². The number of H-pyrrole nitrogens is 1. The fourth-order valence-corrected chi connectivity index (χ4v) is 3.04. The van der Waals surface area contributed by atoms with Crippen LogP contribution in [0, 0.1) is 6.92 Å². The predicted molar refractivity (Wildman–Crippen MR) is 109 cm³/mol. The number of aromatic nitrogens is 3. The molecule has 0 radical (unpaired) electrons. The maximum atomic E-state index is 13.0. The number of nitrogens with one attached hydrogen (secondary N) is 3. The van der Waals surface area contributed by atoms with E-state index in [1.54, 1.807) is 18.5 Å². The van der Waals surface area contributed by atoms with Crippen LogP contribution in [0.15, 0.2) is 42.7 Å². The van der Waals surface area contributed by atoms with Gasteiger partial charge in [-0.25, -0.2) is 9.97 Å². The van der Waals surface area contributed by atoms with E-state index in [0.717, 1.165) is 17.7 Å². The second-order valence-corrected chi connectivity index (χ2v) is 6.89. The molecule has 0 unspecified atom stereocenters. The number of nitrogens with zero attached hydrogens (tertiary/aromatic N) is 2. The van der Waals surface area contributed by atoms with Gasteiger partial charge in [-0.1, -0.05) is 12.1 Å². The number of carbonyl (C=O) groups is 1. The monoisotopic (exact) mass is 433 g/mol. The van der Waals surface area contributed by atoms with Crippen LogP contribution in [-0.2, 0) is 6.18 Å². The molecule has 4 N–H and O–H groups in total. The summed E-state index contributed by atoms with van der Waals surface area (Å²) in [6, 6.07) is 5.09. The van der Waals surface area contributed by atoms with Crippen LogP contribution < -0.4 is 10.6 Å². The number of aryl methyl sites for hydroxylation is 1. The highest BCUT2D eigenvalue weighted by atomic mass is 19.4. The highest BCUT2D eigenvalue weighted by molar-refractivity contribution is 5.94. The van der Waals surface area contributed by atoms with Crippen molar-refractivity contribution in [2.75, 3.05) is 18.5 Å². The predicted octanol–water partition coefficient (Wildman–Crippen LogP) is 3.69. The molecular weight excluding hydrogens is 411 g/mol. The summed E-state index contributed by atoms with van der Waals surface area (Å²) in [6.45, 7) is 3.86. The lowest BCUT2D eigenvalue weighted by molar-refractivity contribution is -0.137. The summed E-state index contributed by atoms with van der Waals surface area (Å²) < 4.78 is 38.9. The number of carbonyl (C=O) groups excluding carboxylic acids is 1. The van der Waals surface area contributed by atoms with Crippen molar-refractivity contribution in [3.05, 3.63) is 65.1 Å². The lowest BCUT2D eigenvalue weighted by atomic mass is 10.0. The summed E-state index contributed by atoms with van der Waals surface area (Å²) in [5, 5.41) is 15.2. The van der Waals surface area contributed by atoms with Crippen LogP contribution in [0.1, 0.15) is 40.1 Å². The number of benzene rings is 1. The molecule has 0 saturated carbocycles. The average molecular weight is 433 g/mol. The summed E-state index contributed by atoms with van der Waals surface area (Å²) in [7, 11) is 0. The molecule has 0 fully saturated rings. The van der Waals surface area contributed by atoms with Gasteiger partial charge in [0.15, 0.2) is 0 Å². The van der Waals surface area contributed by atoms with Gasteiger partial charge >= 0.3 is 6.18 Å². The molecule has 3 aromatic rings. The Kier molecular flexibility index (Phi) is 6.59. The fraction of sp³-hybridized carbons (Fsp3) is 0.286. The van der Waals surface area contributed by atoms with Crippen LogP contribution >= 0.6 is 0 Å². The molecule has 3 rings (SSSR count). The van der Waals surface area contributed by atoms with Gasteiger partial charge in [0.25, 0.3) is 5.91 Å². The number of hydrogen-bond acceptors (Lipinski definition) is 5. The van der Waals surface area contributed by atoms with Crippen LogP contribution in [0.25, 0.3) is 11.3 Å². The van der Waals surface area contributed by atoms with Crippen molar-refractivity contribution < 1.29 is 23.1 Å². The number of rotatable bonds is 7. The molecule has 0 spiro atoms. The first-order valence-electron chi connectivity index (χ1n) is 9.58. The minimum Gasteiger partial charge on any atom is -0.394 e. The molecule has 31 heavy (non-hydrogen) atoms. The molecule has 1 atom stereocenters. The Morgan fingerprint density at radius 1 is 1.29 bits per heavy atom. The van der Waals surface area contributed by atoms with Gasteiger partial charge in [0.2, 0.25) is 5.95 Å². The molecular formula is C21H22F3N5O2. The van der Waals surface area contributed by atoms with Crippen molar-refractivity contribution in [3.63, 3.8) is 0 Å². The summed E-state index contributed by atoms with van der Waals surface area (Å²) in [5.74, 6) is -0.110. The molecule has 0 saturated heterocycles. The topological polar surface area (TPSA) is 103 Å². The van der Waals surface area contributed by atoms with Crippen LogP contribution in [0.5, 0.6) is 0 Å². The zero-order chi connectivity index (χ0) is 22.6. The van der Waals surface area contributed by atoms with E-state index in [9.17, 15) is 23.1 Å². The molecule has 7 nitrogen and oxygen atoms in total. The average Bonchev–Trinajstić information content (AvgIpc) is 3.23. The Morgan fingerprint density at radius 2 is 2.06 bits per heavy atom. The lowest BCUT2D eigenvalue weighted by Crippen LogP contribution is -2.31. The number of aliphatic hydroxyl groups is 1. The Balaban J connectivity index is 1.80. The number of amides is 1. The molecule has 2 aromatic heterocycles. The Morgan fingerprint density at radius 3 is 2.74 bits per heavy atom. The van der Waals surface area contributed by atoms with E-state index in [-0.39, 0.29) is 11.3 Å². The van der Waals surface area contributed by atoms with E-state index >= 15 is 0 Å². The van der Waals surface area contributed by atoms with Gasteiger partial charge in [0, 0.05) is 24.5 Å². The third-order valence-corrected chi connectivity index (χ3v) is 4.61. The summed E-state index contributed by atoms with van der Waals surface area (Å²) in [6.07, 6.45) is -1.24. The summed E-state index contributed by atoms with van der Waals surface area (Å²) >= 11 is 0. The van der Waals surface area contributed by atoms with Crippen LogP contribution in [0.4, 0.5) is 19.1 Å². The first kappa shape index (κ1) is 22.3. The summed E-state index contributed by atoms with van der Waals surface area (Å²) in [5.41, 5.74) is 1.59. The SMILES string of the molecule is CCNc1ncc(C)c(-c2c[nH]c(C(=O)N[C@H](CO)c3cccc(C(F)(F)F)c3)c2)n1. The normalized spacial score (nSPS) is 12.5. The maximum absolute atomic E-state index is 13.0. The molecule has 2 heterocycles. The number of hydrogen-bond donors (Lipinski definition) is 4. The van der Waals surface area contributed by atoms with Gasteiger partial charge in [-0.2, -0.15) is 13.2 Å². The highest BCUT2D eigenvalue weighted by Crippen LogP contribution is 2.31. The number of aromatic amines is 1. The molecule has 0 bridgehead atoms. The molecule has 1 aromatic carbocycles. The fourth-order valence-electron chi connectivity index (χ4n) is 3.04.